The fourth-order valence-electron chi connectivity index (χ4n) is 7.15. The average Bonchev–Trinajstić information content (AvgIpc) is 3.73. The zero-order chi connectivity index (χ0) is 38.4. The zero-order valence-corrected chi connectivity index (χ0v) is 30.0. The Balaban J connectivity index is 1.18. The normalized spacial score (nSPS) is 24.5. The van der Waals surface area contributed by atoms with Crippen LogP contribution in [0, 0.1) is 0 Å². The molecule has 4 amide bonds. The summed E-state index contributed by atoms with van der Waals surface area (Å²) >= 11 is 8.38. The Morgan fingerprint density at radius 1 is 1.19 bits per heavy atom. The number of fused-ring (bicyclic) bond motifs is 2. The lowest BCUT2D eigenvalue weighted by Crippen LogP contribution is -2.71. The maximum atomic E-state index is 13.5. The number of oxime groups is 1. The van der Waals surface area contributed by atoms with Crippen LogP contribution in [0.15, 0.2) is 33.9 Å². The number of quaternary nitrogens is 1. The number of thiazole rings is 1. The Bertz CT molecular complexity index is 1970. The van der Waals surface area contributed by atoms with Crippen molar-refractivity contribution in [2.24, 2.45) is 10.9 Å². The smallest absolute Gasteiger partial charge is 0.352 e. The van der Waals surface area contributed by atoms with E-state index in [2.05, 4.69) is 15.5 Å². The summed E-state index contributed by atoms with van der Waals surface area (Å²) in [6.45, 7) is 2.24. The predicted molar refractivity (Wildman–Crippen MR) is 188 cm³/mol. The number of aromatic hydroxyl groups is 2. The molecule has 5 heterocycles. The molecule has 0 aliphatic carbocycles. The number of nitrogen functional groups attached to an aromatic ring is 1. The fraction of sp³-hybridized carbons (Fsp3) is 0.419. The van der Waals surface area contributed by atoms with Crippen LogP contribution < -0.4 is 16.8 Å². The van der Waals surface area contributed by atoms with Crippen molar-refractivity contribution in [2.45, 2.75) is 42.8 Å². The van der Waals surface area contributed by atoms with E-state index < -0.39 is 76.7 Å². The SMILES string of the molecule is NC(=O)C[C@H](O/N=C(\C(=O)N[C@@H]1C(=O)N2C(C(=O)O)=C(C[N+]34CCC[C@H]3CN(C(=O)c3ccc(O)c(O)c3Cl)CC4)CS[C@H]12)c1csc(N)n1)C(=O)O. The van der Waals surface area contributed by atoms with Crippen molar-refractivity contribution in [3.8, 4) is 11.5 Å². The van der Waals surface area contributed by atoms with Crippen LogP contribution in [-0.4, -0.2) is 143 Å². The third-order valence-corrected chi connectivity index (χ3v) is 12.1. The Labute approximate surface area is 313 Å². The predicted octanol–water partition coefficient (Wildman–Crippen LogP) is -0.287. The van der Waals surface area contributed by atoms with Crippen LogP contribution in [-0.2, 0) is 28.8 Å². The number of phenolic OH excluding ortho intramolecular Hbond substituents is 2. The fourth-order valence-corrected chi connectivity index (χ4v) is 9.27. The van der Waals surface area contributed by atoms with E-state index in [0.29, 0.717) is 36.2 Å². The van der Waals surface area contributed by atoms with Gasteiger partial charge in [-0.15, -0.1) is 23.1 Å². The number of anilines is 1. The number of carbonyl (C=O) groups excluding carboxylic acids is 4. The Kier molecular flexibility index (Phi) is 10.5. The molecule has 9 N–H and O–H groups in total. The molecule has 2 aromatic rings. The highest BCUT2D eigenvalue weighted by Gasteiger charge is 2.56. The van der Waals surface area contributed by atoms with E-state index in [4.69, 9.17) is 27.9 Å². The number of hydrogen-bond acceptors (Lipinski definition) is 14. The minimum Gasteiger partial charge on any atom is -0.504 e. The van der Waals surface area contributed by atoms with Gasteiger partial charge in [-0.1, -0.05) is 16.8 Å². The van der Waals surface area contributed by atoms with Crippen molar-refractivity contribution in [3.63, 3.8) is 0 Å². The summed E-state index contributed by atoms with van der Waals surface area (Å²) in [4.78, 5) is 87.7. The maximum Gasteiger partial charge on any atom is 0.352 e. The van der Waals surface area contributed by atoms with Gasteiger partial charge in [0, 0.05) is 29.5 Å². The Hall–Kier alpha value is -5.12. The number of benzene rings is 1. The number of carboxylic acids is 2. The molecule has 1 aromatic carbocycles. The number of nitrogens with zero attached hydrogens (tertiary/aromatic N) is 5. The minimum atomic E-state index is -1.82. The molecule has 282 valence electrons. The number of carbonyl (C=O) groups is 6. The summed E-state index contributed by atoms with van der Waals surface area (Å²) < 4.78 is 0.515. The van der Waals surface area contributed by atoms with Crippen molar-refractivity contribution < 1.29 is 58.5 Å². The van der Waals surface area contributed by atoms with Crippen molar-refractivity contribution in [3.05, 3.63) is 45.1 Å². The summed E-state index contributed by atoms with van der Waals surface area (Å²) in [6.07, 6.45) is -0.955. The number of nitrogens with two attached hydrogens (primary N) is 2. The van der Waals surface area contributed by atoms with Gasteiger partial charge in [0.2, 0.25) is 12.0 Å². The molecule has 0 spiro atoms. The van der Waals surface area contributed by atoms with Crippen LogP contribution in [0.25, 0.3) is 0 Å². The number of primary amides is 1. The summed E-state index contributed by atoms with van der Waals surface area (Å²) in [5.74, 6) is -6.74. The van der Waals surface area contributed by atoms with Crippen molar-refractivity contribution in [1.82, 2.24) is 20.1 Å². The number of β-lactam (4-membered cyclic amide) rings is 1. The van der Waals surface area contributed by atoms with Gasteiger partial charge in [0.1, 0.15) is 35.4 Å². The van der Waals surface area contributed by atoms with Gasteiger partial charge in [0.25, 0.3) is 17.7 Å². The number of piperazine rings is 1. The first-order valence-electron chi connectivity index (χ1n) is 16.1. The lowest BCUT2D eigenvalue weighted by atomic mass is 10.0. The number of amides is 4. The Morgan fingerprint density at radius 3 is 2.60 bits per heavy atom. The van der Waals surface area contributed by atoms with Crippen LogP contribution in [0.3, 0.4) is 0 Å². The van der Waals surface area contributed by atoms with Crippen LogP contribution >= 0.6 is 34.7 Å². The molecule has 4 aliphatic heterocycles. The molecule has 1 aromatic heterocycles. The number of carboxylic acid groups (broad SMARTS) is 2. The lowest BCUT2D eigenvalue weighted by molar-refractivity contribution is -0.938. The molecular weight excluding hydrogens is 760 g/mol. The summed E-state index contributed by atoms with van der Waals surface area (Å²) in [6, 6.07) is 1.32. The Morgan fingerprint density at radius 2 is 1.94 bits per heavy atom. The number of aliphatic carboxylic acids is 2. The summed E-state index contributed by atoms with van der Waals surface area (Å²) in [5, 5.41) is 46.0. The van der Waals surface area contributed by atoms with Crippen LogP contribution in [0.1, 0.15) is 35.3 Å². The molecule has 19 nitrogen and oxygen atoms in total. The molecule has 6 rings (SSSR count). The molecular formula is C31H34ClN8O11S2+. The number of aromatic nitrogens is 1. The van der Waals surface area contributed by atoms with Gasteiger partial charge in [-0.25, -0.2) is 14.6 Å². The number of thioether (sulfide) groups is 1. The molecule has 0 bridgehead atoms. The topological polar surface area (TPSA) is 288 Å². The lowest BCUT2D eigenvalue weighted by Gasteiger charge is -2.51. The van der Waals surface area contributed by atoms with Gasteiger partial charge in [-0.2, -0.15) is 0 Å². The second-order valence-electron chi connectivity index (χ2n) is 12.9. The van der Waals surface area contributed by atoms with Gasteiger partial charge in [-0.05, 0) is 12.1 Å². The number of hydrogen-bond donors (Lipinski definition) is 7. The third kappa shape index (κ3) is 7.15. The first-order chi connectivity index (χ1) is 25.1. The molecule has 3 fully saturated rings. The third-order valence-electron chi connectivity index (χ3n) is 9.73. The highest BCUT2D eigenvalue weighted by atomic mass is 35.5. The van der Waals surface area contributed by atoms with Gasteiger partial charge in [0.05, 0.1) is 43.2 Å². The van der Waals surface area contributed by atoms with Crippen LogP contribution in [0.2, 0.25) is 5.02 Å². The second kappa shape index (κ2) is 14.7. The molecule has 1 unspecified atom stereocenters. The number of phenols is 2. The quantitative estimate of drug-likeness (QED) is 0.0478. The van der Waals surface area contributed by atoms with Crippen molar-refractivity contribution in [2.75, 3.05) is 44.2 Å². The maximum absolute atomic E-state index is 13.5. The minimum absolute atomic E-state index is 0.0371. The zero-order valence-electron chi connectivity index (χ0n) is 27.6. The highest BCUT2D eigenvalue weighted by Crippen LogP contribution is 2.43. The largest absolute Gasteiger partial charge is 0.504 e. The van der Waals surface area contributed by atoms with E-state index in [-0.39, 0.29) is 38.9 Å². The molecule has 4 aliphatic rings. The first kappa shape index (κ1) is 37.6. The van der Waals surface area contributed by atoms with Crippen molar-refractivity contribution in [1.29, 1.82) is 0 Å². The van der Waals surface area contributed by atoms with Gasteiger partial charge in [0.15, 0.2) is 22.3 Å². The molecule has 22 heteroatoms. The second-order valence-corrected chi connectivity index (χ2v) is 15.3. The molecule has 0 radical (unpaired) electrons. The number of nitrogens with one attached hydrogen (secondary N) is 1. The van der Waals surface area contributed by atoms with E-state index in [1.165, 1.54) is 29.3 Å². The highest BCUT2D eigenvalue weighted by molar-refractivity contribution is 8.00. The molecule has 5 atom stereocenters. The van der Waals surface area contributed by atoms with Gasteiger partial charge in [-0.3, -0.25) is 24.1 Å². The number of halogens is 1. The monoisotopic (exact) mass is 793 g/mol. The van der Waals surface area contributed by atoms with Gasteiger partial charge >= 0.3 is 11.9 Å². The molecule has 53 heavy (non-hydrogen) atoms. The standard InChI is InChI=1S/C31H33ClN8O11S2/c32-20-15(3-4-17(41)24(20)43)26(45)38-5-7-40(6-1-2-14(40)9-38)10-13-11-52-28-22(27(46)39(28)23(13)30(49)50)36-25(44)21(16-12-53-31(34)35-16)37-51-18(29(47)48)8-19(33)42/h3-4,12,14,18,22,28H,1-2,5-11H2,(H8-,33,34,35,36,37,41,42,43,44,45,47,48,49,50)/p+1/t14-,18-,22+,28+,40?/m0/s1. The number of rotatable bonds is 12. The average molecular weight is 794 g/mol. The van der Waals surface area contributed by atoms with Crippen LogP contribution in [0.5, 0.6) is 11.5 Å². The molecule has 0 saturated carbocycles. The summed E-state index contributed by atoms with van der Waals surface area (Å²) in [7, 11) is 0. The van der Waals surface area contributed by atoms with E-state index in [1.54, 1.807) is 4.90 Å². The molecule has 3 saturated heterocycles. The van der Waals surface area contributed by atoms with Crippen LogP contribution in [0.4, 0.5) is 5.13 Å². The van der Waals surface area contributed by atoms with E-state index >= 15 is 0 Å². The van der Waals surface area contributed by atoms with E-state index in [1.807, 2.05) is 0 Å². The van der Waals surface area contributed by atoms with E-state index in [9.17, 15) is 49.2 Å². The first-order valence-corrected chi connectivity index (χ1v) is 18.4. The van der Waals surface area contributed by atoms with E-state index in [0.717, 1.165) is 35.6 Å². The van der Waals surface area contributed by atoms with Crippen molar-refractivity contribution >= 4 is 81.1 Å². The van der Waals surface area contributed by atoms with Gasteiger partial charge < -0.3 is 51.4 Å². The summed E-state index contributed by atoms with van der Waals surface area (Å²) in [5.41, 5.74) is 10.6.